The van der Waals surface area contributed by atoms with E-state index in [1.54, 1.807) is 0 Å². The first kappa shape index (κ1) is 15.2. The predicted octanol–water partition coefficient (Wildman–Crippen LogP) is 4.38. The fourth-order valence-electron chi connectivity index (χ4n) is 2.52. The SMILES string of the molecule is CC(=Cc1ccccc1N(C)C)c1ccccc1N(C)C. The first-order valence-electron chi connectivity index (χ1n) is 7.22. The molecule has 0 radical (unpaired) electrons. The third-order valence-corrected chi connectivity index (χ3v) is 3.60. The third-order valence-electron chi connectivity index (χ3n) is 3.60. The lowest BCUT2D eigenvalue weighted by molar-refractivity contribution is 1.12. The standard InChI is InChI=1S/C19H24N2/c1-15(17-11-7-9-13-19(17)21(4)5)14-16-10-6-8-12-18(16)20(2)3/h6-14H,1-5H3. The molecule has 2 aromatic rings. The van der Waals surface area contributed by atoms with Crippen molar-refractivity contribution in [3.8, 4) is 0 Å². The first-order chi connectivity index (χ1) is 10.0. The van der Waals surface area contributed by atoms with E-state index in [-0.39, 0.29) is 0 Å². The average molecular weight is 280 g/mol. The zero-order valence-corrected chi connectivity index (χ0v) is 13.6. The molecular weight excluding hydrogens is 256 g/mol. The molecule has 0 bridgehead atoms. The first-order valence-corrected chi connectivity index (χ1v) is 7.22. The molecule has 0 aliphatic carbocycles. The van der Waals surface area contributed by atoms with Crippen LogP contribution in [0.15, 0.2) is 48.5 Å². The zero-order valence-electron chi connectivity index (χ0n) is 13.6. The van der Waals surface area contributed by atoms with Gasteiger partial charge < -0.3 is 9.80 Å². The van der Waals surface area contributed by atoms with Gasteiger partial charge in [0.05, 0.1) is 0 Å². The molecule has 110 valence electrons. The van der Waals surface area contributed by atoms with Gasteiger partial charge in [-0.05, 0) is 36.3 Å². The van der Waals surface area contributed by atoms with Crippen LogP contribution in [-0.2, 0) is 0 Å². The molecule has 2 aromatic carbocycles. The highest BCUT2D eigenvalue weighted by Gasteiger charge is 2.07. The Bertz CT molecular complexity index is 640. The number of hydrogen-bond acceptors (Lipinski definition) is 2. The smallest absolute Gasteiger partial charge is 0.0437 e. The molecule has 0 unspecified atom stereocenters. The fraction of sp³-hybridized carbons (Fsp3) is 0.263. The van der Waals surface area contributed by atoms with Crippen LogP contribution in [0.4, 0.5) is 11.4 Å². The van der Waals surface area contributed by atoms with Crippen molar-refractivity contribution >= 4 is 23.0 Å². The summed E-state index contributed by atoms with van der Waals surface area (Å²) < 4.78 is 0. The van der Waals surface area contributed by atoms with E-state index < -0.39 is 0 Å². The number of anilines is 2. The van der Waals surface area contributed by atoms with E-state index in [9.17, 15) is 0 Å². The molecule has 0 aliphatic heterocycles. The molecule has 2 nitrogen and oxygen atoms in total. The summed E-state index contributed by atoms with van der Waals surface area (Å²) in [6, 6.07) is 17.0. The van der Waals surface area contributed by atoms with Crippen LogP contribution in [0.5, 0.6) is 0 Å². The molecular formula is C19H24N2. The van der Waals surface area contributed by atoms with E-state index >= 15 is 0 Å². The van der Waals surface area contributed by atoms with Crippen molar-refractivity contribution in [1.29, 1.82) is 0 Å². The van der Waals surface area contributed by atoms with E-state index in [4.69, 9.17) is 0 Å². The van der Waals surface area contributed by atoms with E-state index in [2.05, 4.69) is 99.5 Å². The quantitative estimate of drug-likeness (QED) is 0.767. The number of rotatable bonds is 4. The lowest BCUT2D eigenvalue weighted by atomic mass is 10.0. The number of benzene rings is 2. The number of para-hydroxylation sites is 2. The average Bonchev–Trinajstić information content (AvgIpc) is 2.47. The van der Waals surface area contributed by atoms with Crippen molar-refractivity contribution in [1.82, 2.24) is 0 Å². The van der Waals surface area contributed by atoms with Crippen LogP contribution in [0.25, 0.3) is 11.6 Å². The van der Waals surface area contributed by atoms with E-state index in [0.717, 1.165) is 0 Å². The largest absolute Gasteiger partial charge is 0.377 e. The van der Waals surface area contributed by atoms with E-state index in [1.807, 2.05) is 0 Å². The lowest BCUT2D eigenvalue weighted by Crippen LogP contribution is -2.11. The maximum Gasteiger partial charge on any atom is 0.0437 e. The Kier molecular flexibility index (Phi) is 4.69. The van der Waals surface area contributed by atoms with Crippen LogP contribution in [-0.4, -0.2) is 28.2 Å². The minimum absolute atomic E-state index is 1.24. The molecule has 2 rings (SSSR count). The van der Waals surface area contributed by atoms with Crippen LogP contribution in [0.1, 0.15) is 18.1 Å². The van der Waals surface area contributed by atoms with Gasteiger partial charge in [0.2, 0.25) is 0 Å². The van der Waals surface area contributed by atoms with Crippen molar-refractivity contribution in [2.45, 2.75) is 6.92 Å². The summed E-state index contributed by atoms with van der Waals surface area (Å²) in [5.41, 5.74) is 6.27. The van der Waals surface area contributed by atoms with Gasteiger partial charge in [-0.3, -0.25) is 0 Å². The van der Waals surface area contributed by atoms with Gasteiger partial charge in [-0.15, -0.1) is 0 Å². The van der Waals surface area contributed by atoms with Crippen LogP contribution < -0.4 is 9.80 Å². The van der Waals surface area contributed by atoms with Crippen LogP contribution in [0.2, 0.25) is 0 Å². The topological polar surface area (TPSA) is 6.48 Å². The van der Waals surface area contributed by atoms with Crippen molar-refractivity contribution in [2.24, 2.45) is 0 Å². The summed E-state index contributed by atoms with van der Waals surface area (Å²) in [6.07, 6.45) is 2.26. The highest BCUT2D eigenvalue weighted by molar-refractivity contribution is 5.88. The second-order valence-corrected chi connectivity index (χ2v) is 5.69. The van der Waals surface area contributed by atoms with Gasteiger partial charge >= 0.3 is 0 Å². The van der Waals surface area contributed by atoms with Gasteiger partial charge in [-0.2, -0.15) is 0 Å². The van der Waals surface area contributed by atoms with Gasteiger partial charge in [-0.25, -0.2) is 0 Å². The summed E-state index contributed by atoms with van der Waals surface area (Å²) in [5, 5.41) is 0. The molecule has 2 heteroatoms. The monoisotopic (exact) mass is 280 g/mol. The minimum atomic E-state index is 1.24. The molecule has 0 saturated heterocycles. The predicted molar refractivity (Wildman–Crippen MR) is 95.1 cm³/mol. The Morgan fingerprint density at radius 1 is 0.762 bits per heavy atom. The third kappa shape index (κ3) is 3.46. The highest BCUT2D eigenvalue weighted by Crippen LogP contribution is 2.29. The van der Waals surface area contributed by atoms with E-state index in [0.29, 0.717) is 0 Å². The molecule has 0 spiro atoms. The van der Waals surface area contributed by atoms with Crippen LogP contribution in [0, 0.1) is 0 Å². The minimum Gasteiger partial charge on any atom is -0.377 e. The highest BCUT2D eigenvalue weighted by atomic mass is 15.1. The normalized spacial score (nSPS) is 11.4. The molecule has 0 heterocycles. The molecule has 0 amide bonds. The summed E-state index contributed by atoms with van der Waals surface area (Å²) in [5.74, 6) is 0. The number of hydrogen-bond donors (Lipinski definition) is 0. The molecule has 0 fully saturated rings. The van der Waals surface area contributed by atoms with Crippen molar-refractivity contribution in [3.63, 3.8) is 0 Å². The fourth-order valence-corrected chi connectivity index (χ4v) is 2.52. The van der Waals surface area contributed by atoms with Gasteiger partial charge in [0.1, 0.15) is 0 Å². The van der Waals surface area contributed by atoms with Gasteiger partial charge in [-0.1, -0.05) is 36.4 Å². The molecule has 0 saturated carbocycles. The van der Waals surface area contributed by atoms with Crippen molar-refractivity contribution in [3.05, 3.63) is 59.7 Å². The summed E-state index contributed by atoms with van der Waals surface area (Å²) in [6.45, 7) is 2.18. The van der Waals surface area contributed by atoms with Crippen molar-refractivity contribution < 1.29 is 0 Å². The Morgan fingerprint density at radius 3 is 1.90 bits per heavy atom. The molecule has 0 aromatic heterocycles. The Morgan fingerprint density at radius 2 is 1.29 bits per heavy atom. The second-order valence-electron chi connectivity index (χ2n) is 5.69. The molecule has 21 heavy (non-hydrogen) atoms. The van der Waals surface area contributed by atoms with Crippen LogP contribution >= 0.6 is 0 Å². The number of allylic oxidation sites excluding steroid dienone is 1. The second kappa shape index (κ2) is 6.49. The van der Waals surface area contributed by atoms with Crippen molar-refractivity contribution in [2.75, 3.05) is 38.0 Å². The Balaban J connectivity index is 2.48. The lowest BCUT2D eigenvalue weighted by Gasteiger charge is -2.19. The van der Waals surface area contributed by atoms with Gasteiger partial charge in [0, 0.05) is 45.1 Å². The maximum absolute atomic E-state index is 2.26. The zero-order chi connectivity index (χ0) is 15.4. The summed E-state index contributed by atoms with van der Waals surface area (Å²) in [4.78, 5) is 4.31. The van der Waals surface area contributed by atoms with Gasteiger partial charge in [0.15, 0.2) is 0 Å². The molecule has 0 N–H and O–H groups in total. The number of nitrogens with zero attached hydrogens (tertiary/aromatic N) is 2. The van der Waals surface area contributed by atoms with Crippen LogP contribution in [0.3, 0.4) is 0 Å². The van der Waals surface area contributed by atoms with Gasteiger partial charge in [0.25, 0.3) is 0 Å². The Labute approximate surface area is 128 Å². The maximum atomic E-state index is 2.26. The Hall–Kier alpha value is -2.22. The summed E-state index contributed by atoms with van der Waals surface area (Å²) in [7, 11) is 8.32. The molecule has 0 aliphatic rings. The van der Waals surface area contributed by atoms with E-state index in [1.165, 1.54) is 28.1 Å². The molecule has 0 atom stereocenters. The summed E-state index contributed by atoms with van der Waals surface area (Å²) >= 11 is 0.